The molecule has 1 saturated heterocycles. The summed E-state index contributed by atoms with van der Waals surface area (Å²) in [5.41, 5.74) is -0.653. The lowest BCUT2D eigenvalue weighted by atomic mass is 9.75. The third-order valence-corrected chi connectivity index (χ3v) is 5.18. The fourth-order valence-corrected chi connectivity index (χ4v) is 3.79. The van der Waals surface area contributed by atoms with E-state index in [4.69, 9.17) is 9.47 Å². The third kappa shape index (κ3) is 3.86. The second kappa shape index (κ2) is 6.46. The van der Waals surface area contributed by atoms with Gasteiger partial charge in [-0.1, -0.05) is 27.2 Å². The van der Waals surface area contributed by atoms with Gasteiger partial charge in [-0.3, -0.25) is 0 Å². The van der Waals surface area contributed by atoms with Crippen molar-refractivity contribution in [1.29, 1.82) is 0 Å². The van der Waals surface area contributed by atoms with Crippen molar-refractivity contribution in [2.75, 3.05) is 5.75 Å². The first kappa shape index (κ1) is 15.1. The molecule has 1 N–H and O–H groups in total. The van der Waals surface area contributed by atoms with E-state index in [0.29, 0.717) is 23.5 Å². The molecule has 19 heavy (non-hydrogen) atoms. The molecule has 110 valence electrons. The predicted molar refractivity (Wildman–Crippen MR) is 74.6 cm³/mol. The molecule has 1 heterocycles. The second-order valence-corrected chi connectivity index (χ2v) is 7.15. The zero-order chi connectivity index (χ0) is 14.0. The topological polar surface area (TPSA) is 55.8 Å². The van der Waals surface area contributed by atoms with Crippen LogP contribution in [0.15, 0.2) is 0 Å². The summed E-state index contributed by atoms with van der Waals surface area (Å²) in [5.74, 6) is 1.68. The number of rotatable bonds is 3. The van der Waals surface area contributed by atoms with Crippen molar-refractivity contribution in [2.24, 2.45) is 17.8 Å². The molecule has 5 heteroatoms. The highest BCUT2D eigenvalue weighted by molar-refractivity contribution is 8.00. The van der Waals surface area contributed by atoms with Crippen molar-refractivity contribution in [1.82, 2.24) is 0 Å². The number of ether oxygens (including phenoxy) is 2. The van der Waals surface area contributed by atoms with Crippen LogP contribution >= 0.6 is 11.8 Å². The Hall–Kier alpha value is -0.260. The normalized spacial score (nSPS) is 39.5. The van der Waals surface area contributed by atoms with E-state index in [1.54, 1.807) is 0 Å². The first-order chi connectivity index (χ1) is 8.97. The molecule has 0 radical (unpaired) electrons. The van der Waals surface area contributed by atoms with E-state index >= 15 is 0 Å². The molecule has 0 spiro atoms. The molecular formula is C14H24O4S. The number of carbonyl (C=O) groups is 1. The molecule has 4 nitrogen and oxygen atoms in total. The van der Waals surface area contributed by atoms with Gasteiger partial charge in [-0.05, 0) is 30.6 Å². The molecule has 2 fully saturated rings. The first-order valence-corrected chi connectivity index (χ1v) is 8.18. The van der Waals surface area contributed by atoms with Crippen LogP contribution in [0.25, 0.3) is 0 Å². The standard InChI is InChI=1S/C14H24O4S/c1-8(2)10-5-4-9(3)6-11(10)17-13(16)14-18-12(15)7-19-14/h8-12,14-15H,4-7H2,1-3H3/t9-,10+,11-,12-,14+/m1/s1. The minimum absolute atomic E-state index is 0.00167. The van der Waals surface area contributed by atoms with Crippen molar-refractivity contribution in [3.8, 4) is 0 Å². The molecule has 2 rings (SSSR count). The van der Waals surface area contributed by atoms with Crippen LogP contribution in [-0.2, 0) is 14.3 Å². The van der Waals surface area contributed by atoms with Crippen molar-refractivity contribution in [3.63, 3.8) is 0 Å². The number of hydrogen-bond acceptors (Lipinski definition) is 5. The molecule has 1 aliphatic carbocycles. The number of aliphatic hydroxyl groups is 1. The lowest BCUT2D eigenvalue weighted by Crippen LogP contribution is -2.38. The van der Waals surface area contributed by atoms with Gasteiger partial charge < -0.3 is 14.6 Å². The quantitative estimate of drug-likeness (QED) is 0.808. The SMILES string of the molecule is CC(C)[C@@H]1CC[C@@H](C)C[C@H]1OC(=O)[C@H]1O[C@@H](O)CS1. The maximum Gasteiger partial charge on any atom is 0.346 e. The largest absolute Gasteiger partial charge is 0.459 e. The van der Waals surface area contributed by atoms with Gasteiger partial charge in [0.2, 0.25) is 5.44 Å². The minimum atomic E-state index is -0.839. The summed E-state index contributed by atoms with van der Waals surface area (Å²) in [6.45, 7) is 6.58. The Morgan fingerprint density at radius 3 is 2.74 bits per heavy atom. The highest BCUT2D eigenvalue weighted by Gasteiger charge is 2.37. The number of thioether (sulfide) groups is 1. The van der Waals surface area contributed by atoms with Gasteiger partial charge in [-0.25, -0.2) is 4.79 Å². The van der Waals surface area contributed by atoms with Gasteiger partial charge in [-0.2, -0.15) is 0 Å². The van der Waals surface area contributed by atoms with Gasteiger partial charge in [0, 0.05) is 5.75 Å². The Bertz CT molecular complexity index is 321. The van der Waals surface area contributed by atoms with Crippen molar-refractivity contribution in [2.45, 2.75) is 57.9 Å². The summed E-state index contributed by atoms with van der Waals surface area (Å²) >= 11 is 1.31. The summed E-state index contributed by atoms with van der Waals surface area (Å²) in [5, 5.41) is 9.29. The van der Waals surface area contributed by atoms with Crippen LogP contribution in [0, 0.1) is 17.8 Å². The maximum atomic E-state index is 12.1. The van der Waals surface area contributed by atoms with Gasteiger partial charge in [0.05, 0.1) is 0 Å². The van der Waals surface area contributed by atoms with E-state index in [9.17, 15) is 9.90 Å². The van der Waals surface area contributed by atoms with E-state index < -0.39 is 11.7 Å². The molecule has 1 aliphatic heterocycles. The Labute approximate surface area is 119 Å². The molecule has 0 aromatic rings. The maximum absolute atomic E-state index is 12.1. The van der Waals surface area contributed by atoms with E-state index in [2.05, 4.69) is 20.8 Å². The molecule has 0 bridgehead atoms. The van der Waals surface area contributed by atoms with Gasteiger partial charge in [0.25, 0.3) is 0 Å². The number of esters is 1. The molecule has 0 aromatic heterocycles. The first-order valence-electron chi connectivity index (χ1n) is 7.13. The molecule has 0 aromatic carbocycles. The fourth-order valence-electron chi connectivity index (χ4n) is 2.97. The molecule has 0 unspecified atom stereocenters. The smallest absolute Gasteiger partial charge is 0.346 e. The highest BCUT2D eigenvalue weighted by atomic mass is 32.2. The van der Waals surface area contributed by atoms with Crippen LogP contribution in [0.5, 0.6) is 0 Å². The Morgan fingerprint density at radius 1 is 1.42 bits per heavy atom. The van der Waals surface area contributed by atoms with Gasteiger partial charge in [-0.15, -0.1) is 11.8 Å². The van der Waals surface area contributed by atoms with Gasteiger partial charge in [0.15, 0.2) is 6.29 Å². The average molecular weight is 288 g/mol. The predicted octanol–water partition coefficient (Wildman–Crippen LogP) is 2.40. The van der Waals surface area contributed by atoms with Crippen LogP contribution in [0.1, 0.15) is 40.0 Å². The van der Waals surface area contributed by atoms with E-state index in [1.165, 1.54) is 18.2 Å². The summed E-state index contributed by atoms with van der Waals surface area (Å²) in [4.78, 5) is 12.1. The van der Waals surface area contributed by atoms with Crippen LogP contribution < -0.4 is 0 Å². The number of aliphatic hydroxyl groups excluding tert-OH is 1. The Balaban J connectivity index is 1.92. The van der Waals surface area contributed by atoms with E-state index in [-0.39, 0.29) is 12.1 Å². The molecule has 0 amide bonds. The summed E-state index contributed by atoms with van der Waals surface area (Å²) < 4.78 is 10.8. The van der Waals surface area contributed by atoms with E-state index in [1.807, 2.05) is 0 Å². The summed E-state index contributed by atoms with van der Waals surface area (Å²) in [6, 6.07) is 0. The molecule has 1 saturated carbocycles. The van der Waals surface area contributed by atoms with Crippen LogP contribution in [0.4, 0.5) is 0 Å². The van der Waals surface area contributed by atoms with Crippen LogP contribution in [0.3, 0.4) is 0 Å². The Kier molecular flexibility index (Phi) is 5.15. The van der Waals surface area contributed by atoms with Crippen molar-refractivity contribution < 1.29 is 19.4 Å². The lowest BCUT2D eigenvalue weighted by molar-refractivity contribution is -0.172. The average Bonchev–Trinajstić information content (AvgIpc) is 2.75. The lowest BCUT2D eigenvalue weighted by Gasteiger charge is -2.37. The van der Waals surface area contributed by atoms with Crippen LogP contribution in [-0.4, -0.2) is 34.7 Å². The summed E-state index contributed by atoms with van der Waals surface area (Å²) in [6.07, 6.45) is 2.43. The monoisotopic (exact) mass is 288 g/mol. The molecule has 2 aliphatic rings. The Morgan fingerprint density at radius 2 is 2.16 bits per heavy atom. The molecule has 5 atom stereocenters. The van der Waals surface area contributed by atoms with Crippen molar-refractivity contribution >= 4 is 17.7 Å². The third-order valence-electron chi connectivity index (χ3n) is 4.09. The fraction of sp³-hybridized carbons (Fsp3) is 0.929. The summed E-state index contributed by atoms with van der Waals surface area (Å²) in [7, 11) is 0. The number of carbonyl (C=O) groups excluding carboxylic acids is 1. The van der Waals surface area contributed by atoms with E-state index in [0.717, 1.165) is 12.8 Å². The van der Waals surface area contributed by atoms with Gasteiger partial charge in [0.1, 0.15) is 6.10 Å². The second-order valence-electron chi connectivity index (χ2n) is 6.06. The van der Waals surface area contributed by atoms with Crippen LogP contribution in [0.2, 0.25) is 0 Å². The zero-order valence-electron chi connectivity index (χ0n) is 11.9. The zero-order valence-corrected chi connectivity index (χ0v) is 12.7. The number of hydrogen-bond donors (Lipinski definition) is 1. The van der Waals surface area contributed by atoms with Crippen molar-refractivity contribution in [3.05, 3.63) is 0 Å². The highest BCUT2D eigenvalue weighted by Crippen LogP contribution is 2.36. The molecular weight excluding hydrogens is 264 g/mol. The minimum Gasteiger partial charge on any atom is -0.459 e. The van der Waals surface area contributed by atoms with Gasteiger partial charge >= 0.3 is 5.97 Å².